The van der Waals surface area contributed by atoms with Gasteiger partial charge in [0.15, 0.2) is 5.82 Å². The number of unbranched alkanes of at least 4 members (excludes halogenated alkanes) is 2. The van der Waals surface area contributed by atoms with Crippen molar-refractivity contribution in [1.82, 2.24) is 9.78 Å². The molecule has 1 heterocycles. The highest BCUT2D eigenvalue weighted by Gasteiger charge is 2.22. The van der Waals surface area contributed by atoms with Gasteiger partial charge in [0.05, 0.1) is 7.11 Å². The summed E-state index contributed by atoms with van der Waals surface area (Å²) >= 11 is 0. The summed E-state index contributed by atoms with van der Waals surface area (Å²) in [4.78, 5) is 11.8. The summed E-state index contributed by atoms with van der Waals surface area (Å²) in [7, 11) is 1.35. The van der Waals surface area contributed by atoms with Crippen LogP contribution >= 0.6 is 0 Å². The normalized spacial score (nSPS) is 10.5. The molecule has 108 valence electrons. The van der Waals surface area contributed by atoms with Crippen LogP contribution in [-0.2, 0) is 11.3 Å². The molecule has 0 spiro atoms. The van der Waals surface area contributed by atoms with E-state index in [0.29, 0.717) is 23.7 Å². The number of ether oxygens (including phenoxy) is 1. The molecule has 1 rings (SSSR count). The molecule has 1 aromatic rings. The number of hydrogen-bond donors (Lipinski definition) is 2. The van der Waals surface area contributed by atoms with Crippen molar-refractivity contribution in [3.8, 4) is 0 Å². The van der Waals surface area contributed by atoms with Crippen LogP contribution in [0.4, 0.5) is 11.6 Å². The van der Waals surface area contributed by atoms with Crippen LogP contribution in [0, 0.1) is 0 Å². The highest BCUT2D eigenvalue weighted by atomic mass is 16.5. The Balaban J connectivity index is 2.94. The second-order valence-corrected chi connectivity index (χ2v) is 4.46. The molecule has 0 atom stereocenters. The number of rotatable bonds is 8. The Kier molecular flexibility index (Phi) is 6.18. The molecule has 6 nitrogen and oxygen atoms in total. The molecule has 0 aromatic carbocycles. The van der Waals surface area contributed by atoms with Gasteiger partial charge in [-0.15, -0.1) is 0 Å². The van der Waals surface area contributed by atoms with Crippen molar-refractivity contribution in [3.63, 3.8) is 0 Å². The fourth-order valence-electron chi connectivity index (χ4n) is 1.76. The van der Waals surface area contributed by atoms with E-state index < -0.39 is 5.97 Å². The van der Waals surface area contributed by atoms with Gasteiger partial charge in [0.2, 0.25) is 0 Å². The van der Waals surface area contributed by atoms with Crippen LogP contribution in [0.3, 0.4) is 0 Å². The molecule has 3 N–H and O–H groups in total. The van der Waals surface area contributed by atoms with Crippen LogP contribution in [0.25, 0.3) is 0 Å². The SMILES string of the molecule is CCCCNc1nn(CCCC)c(N)c1C(=O)OC. The molecule has 0 aliphatic rings. The highest BCUT2D eigenvalue weighted by molar-refractivity contribution is 5.99. The molecule has 0 bridgehead atoms. The zero-order valence-corrected chi connectivity index (χ0v) is 12.0. The van der Waals surface area contributed by atoms with Crippen LogP contribution in [0.5, 0.6) is 0 Å². The molecule has 0 aliphatic heterocycles. The molecular formula is C13H24N4O2. The lowest BCUT2D eigenvalue weighted by Crippen LogP contribution is -2.10. The molecule has 6 heteroatoms. The Morgan fingerprint density at radius 3 is 2.63 bits per heavy atom. The largest absolute Gasteiger partial charge is 0.465 e. The first-order valence-corrected chi connectivity index (χ1v) is 6.84. The summed E-state index contributed by atoms with van der Waals surface area (Å²) in [5.74, 6) is 0.451. The average Bonchev–Trinajstić information content (AvgIpc) is 2.72. The average molecular weight is 268 g/mol. The van der Waals surface area contributed by atoms with Crippen molar-refractivity contribution in [2.75, 3.05) is 24.7 Å². The quantitative estimate of drug-likeness (QED) is 0.558. The van der Waals surface area contributed by atoms with Crippen molar-refractivity contribution >= 4 is 17.6 Å². The molecular weight excluding hydrogens is 244 g/mol. The summed E-state index contributed by atoms with van der Waals surface area (Å²) in [5.41, 5.74) is 6.33. The number of nitrogens with zero attached hydrogens (tertiary/aromatic N) is 2. The van der Waals surface area contributed by atoms with Crippen molar-refractivity contribution in [2.45, 2.75) is 46.1 Å². The van der Waals surface area contributed by atoms with Gasteiger partial charge in [0.25, 0.3) is 0 Å². The molecule has 1 aromatic heterocycles. The van der Waals surface area contributed by atoms with Crippen LogP contribution in [0.15, 0.2) is 0 Å². The number of esters is 1. The Bertz CT molecular complexity index is 415. The second kappa shape index (κ2) is 7.66. The molecule has 0 fully saturated rings. The van der Waals surface area contributed by atoms with Gasteiger partial charge in [-0.25, -0.2) is 9.48 Å². The molecule has 0 saturated heterocycles. The predicted molar refractivity (Wildman–Crippen MR) is 76.3 cm³/mol. The Labute approximate surface area is 114 Å². The van der Waals surface area contributed by atoms with Gasteiger partial charge in [-0.2, -0.15) is 5.10 Å². The molecule has 0 unspecified atom stereocenters. The Hall–Kier alpha value is -1.72. The summed E-state index contributed by atoms with van der Waals surface area (Å²) in [6, 6.07) is 0. The first kappa shape index (κ1) is 15.3. The van der Waals surface area contributed by atoms with Gasteiger partial charge in [-0.05, 0) is 12.8 Å². The third kappa shape index (κ3) is 3.87. The maximum atomic E-state index is 11.8. The minimum absolute atomic E-state index is 0.342. The maximum Gasteiger partial charge on any atom is 0.345 e. The summed E-state index contributed by atoms with van der Waals surface area (Å²) in [6.07, 6.45) is 4.11. The van der Waals surface area contributed by atoms with Gasteiger partial charge in [-0.3, -0.25) is 0 Å². The monoisotopic (exact) mass is 268 g/mol. The third-order valence-corrected chi connectivity index (χ3v) is 2.93. The molecule has 0 saturated carbocycles. The van der Waals surface area contributed by atoms with Crippen LogP contribution < -0.4 is 11.1 Å². The lowest BCUT2D eigenvalue weighted by atomic mass is 10.2. The number of anilines is 2. The maximum absolute atomic E-state index is 11.8. The minimum atomic E-state index is -0.445. The standard InChI is InChI=1S/C13H24N4O2/c1-4-6-8-15-12-10(13(18)19-3)11(14)17(16-12)9-7-5-2/h4-9,14H2,1-3H3,(H,15,16). The van der Waals surface area contributed by atoms with Crippen molar-refractivity contribution in [3.05, 3.63) is 5.56 Å². The number of aromatic nitrogens is 2. The molecule has 19 heavy (non-hydrogen) atoms. The molecule has 0 amide bonds. The van der Waals surface area contributed by atoms with Gasteiger partial charge >= 0.3 is 5.97 Å². The van der Waals surface area contributed by atoms with Crippen molar-refractivity contribution < 1.29 is 9.53 Å². The van der Waals surface area contributed by atoms with E-state index in [2.05, 4.69) is 24.3 Å². The Morgan fingerprint density at radius 1 is 1.37 bits per heavy atom. The fraction of sp³-hybridized carbons (Fsp3) is 0.692. The smallest absolute Gasteiger partial charge is 0.345 e. The van der Waals surface area contributed by atoms with E-state index >= 15 is 0 Å². The van der Waals surface area contributed by atoms with Crippen LogP contribution in [0.2, 0.25) is 0 Å². The number of hydrogen-bond acceptors (Lipinski definition) is 5. The van der Waals surface area contributed by atoms with E-state index in [4.69, 9.17) is 10.5 Å². The highest BCUT2D eigenvalue weighted by Crippen LogP contribution is 2.23. The van der Waals surface area contributed by atoms with Gasteiger partial charge in [0.1, 0.15) is 11.4 Å². The van der Waals surface area contributed by atoms with E-state index in [9.17, 15) is 4.79 Å². The fourth-order valence-corrected chi connectivity index (χ4v) is 1.76. The number of carbonyl (C=O) groups is 1. The van der Waals surface area contributed by atoms with Crippen LogP contribution in [0.1, 0.15) is 49.9 Å². The van der Waals surface area contributed by atoms with E-state index in [1.807, 2.05) is 0 Å². The number of nitrogens with two attached hydrogens (primary N) is 1. The zero-order valence-electron chi connectivity index (χ0n) is 12.0. The number of nitrogen functional groups attached to an aromatic ring is 1. The van der Waals surface area contributed by atoms with Gasteiger partial charge in [0, 0.05) is 13.1 Å². The molecule has 0 aliphatic carbocycles. The van der Waals surface area contributed by atoms with Crippen molar-refractivity contribution in [2.24, 2.45) is 0 Å². The predicted octanol–water partition coefficient (Wildman–Crippen LogP) is 2.26. The lowest BCUT2D eigenvalue weighted by Gasteiger charge is -2.04. The lowest BCUT2D eigenvalue weighted by molar-refractivity contribution is 0.0603. The van der Waals surface area contributed by atoms with E-state index in [0.717, 1.165) is 32.2 Å². The van der Waals surface area contributed by atoms with E-state index in [1.165, 1.54) is 7.11 Å². The molecule has 0 radical (unpaired) electrons. The van der Waals surface area contributed by atoms with Crippen LogP contribution in [-0.4, -0.2) is 29.4 Å². The summed E-state index contributed by atoms with van der Waals surface area (Å²) < 4.78 is 6.44. The number of aryl methyl sites for hydroxylation is 1. The van der Waals surface area contributed by atoms with E-state index in [-0.39, 0.29) is 0 Å². The first-order valence-electron chi connectivity index (χ1n) is 6.84. The Morgan fingerprint density at radius 2 is 2.05 bits per heavy atom. The first-order chi connectivity index (χ1) is 9.15. The third-order valence-electron chi connectivity index (χ3n) is 2.93. The number of carbonyl (C=O) groups excluding carboxylic acids is 1. The van der Waals surface area contributed by atoms with Gasteiger partial charge < -0.3 is 15.8 Å². The van der Waals surface area contributed by atoms with Gasteiger partial charge in [-0.1, -0.05) is 26.7 Å². The van der Waals surface area contributed by atoms with Crippen molar-refractivity contribution in [1.29, 1.82) is 0 Å². The second-order valence-electron chi connectivity index (χ2n) is 4.46. The zero-order chi connectivity index (χ0) is 14.3. The summed E-state index contributed by atoms with van der Waals surface area (Å²) in [6.45, 7) is 5.69. The minimum Gasteiger partial charge on any atom is -0.465 e. The number of methoxy groups -OCH3 is 1. The number of nitrogens with one attached hydrogen (secondary N) is 1. The van der Waals surface area contributed by atoms with E-state index in [1.54, 1.807) is 4.68 Å². The summed E-state index contributed by atoms with van der Waals surface area (Å²) in [5, 5.41) is 7.52. The topological polar surface area (TPSA) is 82.2 Å².